The van der Waals surface area contributed by atoms with Gasteiger partial charge in [0.15, 0.2) is 6.61 Å². The van der Waals surface area contributed by atoms with E-state index in [1.54, 1.807) is 28.1 Å². The number of H-pyrrole nitrogens is 1. The molecule has 1 aromatic heterocycles. The Morgan fingerprint density at radius 2 is 1.71 bits per heavy atom. The number of hydrogen-bond acceptors (Lipinski definition) is 3. The largest absolute Gasteiger partial charge is 0.484 e. The molecule has 0 spiro atoms. The molecule has 7 heteroatoms. The molecule has 2 amide bonds. The van der Waals surface area contributed by atoms with Crippen LogP contribution in [0.5, 0.6) is 5.75 Å². The second-order valence-corrected chi connectivity index (χ2v) is 5.50. The molecule has 0 bridgehead atoms. The highest BCUT2D eigenvalue weighted by Crippen LogP contribution is 2.12. The molecule has 0 radical (unpaired) electrons. The summed E-state index contributed by atoms with van der Waals surface area (Å²) >= 11 is 0. The first-order valence-corrected chi connectivity index (χ1v) is 7.72. The number of piperazine rings is 1. The molecular formula is C17H18FN3O3. The van der Waals surface area contributed by atoms with Crippen molar-refractivity contribution < 1.29 is 18.7 Å². The molecule has 0 unspecified atom stereocenters. The van der Waals surface area contributed by atoms with E-state index >= 15 is 0 Å². The van der Waals surface area contributed by atoms with Crippen molar-refractivity contribution in [1.82, 2.24) is 14.8 Å². The van der Waals surface area contributed by atoms with E-state index in [1.807, 2.05) is 0 Å². The smallest absolute Gasteiger partial charge is 0.270 e. The molecular weight excluding hydrogens is 313 g/mol. The fourth-order valence-corrected chi connectivity index (χ4v) is 2.56. The lowest BCUT2D eigenvalue weighted by Crippen LogP contribution is -2.51. The predicted octanol–water partition coefficient (Wildman–Crippen LogP) is 1.52. The maximum absolute atomic E-state index is 12.8. The lowest BCUT2D eigenvalue weighted by Gasteiger charge is -2.34. The number of aromatic nitrogens is 1. The first kappa shape index (κ1) is 16.0. The standard InChI is InChI=1S/C17H18FN3O3/c18-13-3-5-14(6-4-13)24-12-16(22)20-8-10-21(11-9-20)17(23)15-2-1-7-19-15/h1-7,19H,8-12H2. The Balaban J connectivity index is 1.46. The zero-order valence-electron chi connectivity index (χ0n) is 13.1. The van der Waals surface area contributed by atoms with Crippen LogP contribution in [0.3, 0.4) is 0 Å². The van der Waals surface area contributed by atoms with E-state index in [-0.39, 0.29) is 24.2 Å². The fraction of sp³-hybridized carbons (Fsp3) is 0.294. The van der Waals surface area contributed by atoms with E-state index < -0.39 is 0 Å². The molecule has 1 fully saturated rings. The SMILES string of the molecule is O=C(COc1ccc(F)cc1)N1CCN(C(=O)c2ccc[nH]2)CC1. The van der Waals surface area contributed by atoms with Gasteiger partial charge in [-0.25, -0.2) is 4.39 Å². The van der Waals surface area contributed by atoms with Gasteiger partial charge in [-0.1, -0.05) is 0 Å². The normalized spacial score (nSPS) is 14.5. The number of halogens is 1. The van der Waals surface area contributed by atoms with Crippen LogP contribution < -0.4 is 4.74 Å². The number of hydrogen-bond donors (Lipinski definition) is 1. The van der Waals surface area contributed by atoms with Gasteiger partial charge in [0.2, 0.25) is 0 Å². The summed E-state index contributed by atoms with van der Waals surface area (Å²) in [6.45, 7) is 1.81. The Bertz CT molecular complexity index is 692. The average Bonchev–Trinajstić information content (AvgIpc) is 3.15. The van der Waals surface area contributed by atoms with Gasteiger partial charge in [0, 0.05) is 32.4 Å². The van der Waals surface area contributed by atoms with Crippen LogP contribution in [0.4, 0.5) is 4.39 Å². The number of nitrogens with one attached hydrogen (secondary N) is 1. The molecule has 0 saturated carbocycles. The maximum Gasteiger partial charge on any atom is 0.270 e. The van der Waals surface area contributed by atoms with Crippen molar-refractivity contribution in [2.24, 2.45) is 0 Å². The fourth-order valence-electron chi connectivity index (χ4n) is 2.56. The number of carbonyl (C=O) groups excluding carboxylic acids is 2. The second kappa shape index (κ2) is 7.16. The topological polar surface area (TPSA) is 65.6 Å². The zero-order valence-corrected chi connectivity index (χ0v) is 13.1. The summed E-state index contributed by atoms with van der Waals surface area (Å²) in [7, 11) is 0. The monoisotopic (exact) mass is 331 g/mol. The Morgan fingerprint density at radius 3 is 2.33 bits per heavy atom. The van der Waals surface area contributed by atoms with E-state index in [9.17, 15) is 14.0 Å². The van der Waals surface area contributed by atoms with E-state index in [4.69, 9.17) is 4.74 Å². The van der Waals surface area contributed by atoms with E-state index in [2.05, 4.69) is 4.98 Å². The average molecular weight is 331 g/mol. The molecule has 1 aromatic carbocycles. The lowest BCUT2D eigenvalue weighted by atomic mass is 10.2. The molecule has 2 aromatic rings. The quantitative estimate of drug-likeness (QED) is 0.924. The van der Waals surface area contributed by atoms with Gasteiger partial charge in [-0.2, -0.15) is 0 Å². The molecule has 1 aliphatic heterocycles. The van der Waals surface area contributed by atoms with Crippen molar-refractivity contribution in [2.75, 3.05) is 32.8 Å². The van der Waals surface area contributed by atoms with Crippen LogP contribution in [0.25, 0.3) is 0 Å². The van der Waals surface area contributed by atoms with Gasteiger partial charge in [-0.3, -0.25) is 9.59 Å². The van der Waals surface area contributed by atoms with Gasteiger partial charge in [-0.15, -0.1) is 0 Å². The molecule has 1 N–H and O–H groups in total. The van der Waals surface area contributed by atoms with Crippen LogP contribution in [0.1, 0.15) is 10.5 Å². The Morgan fingerprint density at radius 1 is 1.04 bits per heavy atom. The van der Waals surface area contributed by atoms with Crippen molar-refractivity contribution >= 4 is 11.8 Å². The van der Waals surface area contributed by atoms with Gasteiger partial charge in [-0.05, 0) is 36.4 Å². The lowest BCUT2D eigenvalue weighted by molar-refractivity contribution is -0.134. The maximum atomic E-state index is 12.8. The number of carbonyl (C=O) groups is 2. The van der Waals surface area contributed by atoms with E-state index in [0.29, 0.717) is 37.6 Å². The predicted molar refractivity (Wildman–Crippen MR) is 85.2 cm³/mol. The summed E-state index contributed by atoms with van der Waals surface area (Å²) in [6, 6.07) is 9.04. The highest BCUT2D eigenvalue weighted by atomic mass is 19.1. The van der Waals surface area contributed by atoms with Crippen LogP contribution in [-0.4, -0.2) is 59.4 Å². The Hall–Kier alpha value is -2.83. The van der Waals surface area contributed by atoms with E-state index in [1.165, 1.54) is 24.3 Å². The molecule has 0 aliphatic carbocycles. The first-order valence-electron chi connectivity index (χ1n) is 7.72. The van der Waals surface area contributed by atoms with Crippen molar-refractivity contribution in [3.8, 4) is 5.75 Å². The summed E-state index contributed by atoms with van der Waals surface area (Å²) < 4.78 is 18.2. The molecule has 0 atom stereocenters. The minimum atomic E-state index is -0.350. The summed E-state index contributed by atoms with van der Waals surface area (Å²) in [5.41, 5.74) is 0.550. The summed E-state index contributed by atoms with van der Waals surface area (Å²) in [5, 5.41) is 0. The van der Waals surface area contributed by atoms with Crippen molar-refractivity contribution in [3.05, 3.63) is 54.1 Å². The highest BCUT2D eigenvalue weighted by Gasteiger charge is 2.25. The van der Waals surface area contributed by atoms with Gasteiger partial charge in [0.05, 0.1) is 0 Å². The summed E-state index contributed by atoms with van der Waals surface area (Å²) in [5.74, 6) is -0.109. The molecule has 2 heterocycles. The van der Waals surface area contributed by atoms with Crippen LogP contribution in [0.15, 0.2) is 42.6 Å². The molecule has 3 rings (SSSR count). The second-order valence-electron chi connectivity index (χ2n) is 5.50. The zero-order chi connectivity index (χ0) is 16.9. The summed E-state index contributed by atoms with van der Waals surface area (Å²) in [4.78, 5) is 30.7. The molecule has 1 saturated heterocycles. The molecule has 1 aliphatic rings. The van der Waals surface area contributed by atoms with Crippen LogP contribution >= 0.6 is 0 Å². The third-order valence-electron chi connectivity index (χ3n) is 3.92. The number of ether oxygens (including phenoxy) is 1. The number of rotatable bonds is 4. The minimum Gasteiger partial charge on any atom is -0.484 e. The van der Waals surface area contributed by atoms with Crippen molar-refractivity contribution in [3.63, 3.8) is 0 Å². The van der Waals surface area contributed by atoms with Gasteiger partial charge >= 0.3 is 0 Å². The number of amides is 2. The van der Waals surface area contributed by atoms with Crippen LogP contribution in [0.2, 0.25) is 0 Å². The number of aromatic amines is 1. The number of nitrogens with zero attached hydrogens (tertiary/aromatic N) is 2. The number of benzene rings is 1. The van der Waals surface area contributed by atoms with Gasteiger partial charge in [0.25, 0.3) is 11.8 Å². The third-order valence-corrected chi connectivity index (χ3v) is 3.92. The minimum absolute atomic E-state index is 0.0605. The molecule has 126 valence electrons. The van der Waals surface area contributed by atoms with Crippen LogP contribution in [0, 0.1) is 5.82 Å². The Labute approximate surface area is 138 Å². The highest BCUT2D eigenvalue weighted by molar-refractivity contribution is 5.92. The van der Waals surface area contributed by atoms with Crippen molar-refractivity contribution in [2.45, 2.75) is 0 Å². The van der Waals surface area contributed by atoms with E-state index in [0.717, 1.165) is 0 Å². The molecule has 6 nitrogen and oxygen atoms in total. The van der Waals surface area contributed by atoms with Crippen molar-refractivity contribution in [1.29, 1.82) is 0 Å². The van der Waals surface area contributed by atoms with Crippen LogP contribution in [-0.2, 0) is 4.79 Å². The van der Waals surface area contributed by atoms with Gasteiger partial charge in [0.1, 0.15) is 17.3 Å². The molecule has 24 heavy (non-hydrogen) atoms. The first-order chi connectivity index (χ1) is 11.6. The van der Waals surface area contributed by atoms with Gasteiger partial charge < -0.3 is 19.5 Å². The third kappa shape index (κ3) is 3.73. The Kier molecular flexibility index (Phi) is 4.79. The summed E-state index contributed by atoms with van der Waals surface area (Å²) in [6.07, 6.45) is 1.71.